The van der Waals surface area contributed by atoms with Gasteiger partial charge >= 0.3 is 0 Å². The van der Waals surface area contributed by atoms with E-state index in [2.05, 4.69) is 23.6 Å². The first-order chi connectivity index (χ1) is 5.81. The van der Waals surface area contributed by atoms with Crippen LogP contribution < -0.4 is 0 Å². The molecule has 1 atom stereocenters. The Balaban J connectivity index is 2.09. The summed E-state index contributed by atoms with van der Waals surface area (Å²) in [6.07, 6.45) is 2.80. The number of likely N-dealkylation sites (N-methyl/N-ethyl adjacent to an activating group) is 1. The molecule has 0 spiro atoms. The molecule has 70 valence electrons. The maximum Gasteiger partial charge on any atom is 0.0195 e. The molecule has 0 aliphatic carbocycles. The molecule has 0 aromatic heterocycles. The fraction of sp³-hybridized carbons (Fsp3) is 1.00. The molecule has 3 saturated heterocycles. The number of piperidine rings is 1. The molecule has 2 nitrogen and oxygen atoms in total. The molecule has 2 heteroatoms. The van der Waals surface area contributed by atoms with E-state index in [1.54, 1.807) is 0 Å². The SMILES string of the molecule is CCN1CC(C)N2CCC1CC2. The minimum absolute atomic E-state index is 0.789. The lowest BCUT2D eigenvalue weighted by Crippen LogP contribution is -2.38. The Kier molecular flexibility index (Phi) is 2.37. The van der Waals surface area contributed by atoms with Crippen LogP contribution in [0.15, 0.2) is 0 Å². The van der Waals surface area contributed by atoms with E-state index in [0.717, 1.165) is 12.1 Å². The largest absolute Gasteiger partial charge is 0.299 e. The van der Waals surface area contributed by atoms with E-state index in [-0.39, 0.29) is 0 Å². The van der Waals surface area contributed by atoms with Gasteiger partial charge in [0.25, 0.3) is 0 Å². The first kappa shape index (κ1) is 8.52. The second-order valence-corrected chi connectivity index (χ2v) is 4.20. The molecule has 2 bridgehead atoms. The molecule has 1 unspecified atom stereocenters. The molecule has 0 amide bonds. The number of rotatable bonds is 1. The highest BCUT2D eigenvalue weighted by Crippen LogP contribution is 2.23. The van der Waals surface area contributed by atoms with Crippen LogP contribution in [0.3, 0.4) is 0 Å². The van der Waals surface area contributed by atoms with Crippen LogP contribution in [-0.4, -0.2) is 48.1 Å². The van der Waals surface area contributed by atoms with Crippen molar-refractivity contribution in [3.63, 3.8) is 0 Å². The second-order valence-electron chi connectivity index (χ2n) is 4.20. The fourth-order valence-electron chi connectivity index (χ4n) is 2.68. The molecule has 0 aromatic carbocycles. The van der Waals surface area contributed by atoms with E-state index in [1.807, 2.05) is 0 Å². The van der Waals surface area contributed by atoms with Gasteiger partial charge in [0, 0.05) is 18.6 Å². The van der Waals surface area contributed by atoms with E-state index in [1.165, 1.54) is 39.0 Å². The standard InChI is InChI=1S/C10H20N2/c1-3-11-8-9(2)12-6-4-10(11)5-7-12/h9-10H,3-8H2,1-2H3. The quantitative estimate of drug-likeness (QED) is 0.580. The van der Waals surface area contributed by atoms with Crippen molar-refractivity contribution >= 4 is 0 Å². The zero-order chi connectivity index (χ0) is 8.55. The second kappa shape index (κ2) is 3.35. The Bertz CT molecular complexity index is 150. The van der Waals surface area contributed by atoms with Gasteiger partial charge in [0.05, 0.1) is 0 Å². The first-order valence-corrected chi connectivity index (χ1v) is 5.29. The summed E-state index contributed by atoms with van der Waals surface area (Å²) in [5, 5.41) is 0. The molecule has 3 rings (SSSR count). The monoisotopic (exact) mass is 168 g/mol. The Morgan fingerprint density at radius 1 is 1.25 bits per heavy atom. The Labute approximate surface area is 75.5 Å². The van der Waals surface area contributed by atoms with E-state index in [9.17, 15) is 0 Å². The highest BCUT2D eigenvalue weighted by molar-refractivity contribution is 4.88. The Morgan fingerprint density at radius 2 is 1.92 bits per heavy atom. The Hall–Kier alpha value is -0.0800. The smallest absolute Gasteiger partial charge is 0.0195 e. The van der Waals surface area contributed by atoms with Gasteiger partial charge in [-0.2, -0.15) is 0 Å². The zero-order valence-corrected chi connectivity index (χ0v) is 8.29. The van der Waals surface area contributed by atoms with E-state index < -0.39 is 0 Å². The van der Waals surface area contributed by atoms with Crippen molar-refractivity contribution in [2.75, 3.05) is 26.2 Å². The van der Waals surface area contributed by atoms with E-state index in [4.69, 9.17) is 0 Å². The number of nitrogens with zero attached hydrogens (tertiary/aromatic N) is 2. The normalized spacial score (nSPS) is 43.0. The maximum absolute atomic E-state index is 2.66. The lowest BCUT2D eigenvalue weighted by atomic mass is 10.1. The molecule has 0 radical (unpaired) electrons. The molecule has 3 aliphatic rings. The highest BCUT2D eigenvalue weighted by atomic mass is 15.3. The number of hydrogen-bond donors (Lipinski definition) is 0. The number of hydrogen-bond acceptors (Lipinski definition) is 2. The average Bonchev–Trinajstić information content (AvgIpc) is 2.36. The number of fused-ring (bicyclic) bond motifs is 4. The van der Waals surface area contributed by atoms with Gasteiger partial charge in [-0.05, 0) is 39.4 Å². The summed E-state index contributed by atoms with van der Waals surface area (Å²) in [5.74, 6) is 0. The summed E-state index contributed by atoms with van der Waals surface area (Å²) < 4.78 is 0. The van der Waals surface area contributed by atoms with Crippen molar-refractivity contribution in [3.05, 3.63) is 0 Å². The lowest BCUT2D eigenvalue weighted by Gasteiger charge is -2.30. The van der Waals surface area contributed by atoms with Gasteiger partial charge in [-0.1, -0.05) is 6.92 Å². The highest BCUT2D eigenvalue weighted by Gasteiger charge is 2.31. The van der Waals surface area contributed by atoms with Crippen LogP contribution in [0.25, 0.3) is 0 Å². The molecule has 3 fully saturated rings. The minimum atomic E-state index is 0.789. The van der Waals surface area contributed by atoms with E-state index >= 15 is 0 Å². The zero-order valence-electron chi connectivity index (χ0n) is 8.29. The molecule has 0 aromatic rings. The van der Waals surface area contributed by atoms with Crippen molar-refractivity contribution in [1.29, 1.82) is 0 Å². The van der Waals surface area contributed by atoms with Gasteiger partial charge in [0.15, 0.2) is 0 Å². The fourth-order valence-corrected chi connectivity index (χ4v) is 2.68. The molecule has 3 aliphatic heterocycles. The molecule has 0 saturated carbocycles. The van der Waals surface area contributed by atoms with Gasteiger partial charge in [-0.15, -0.1) is 0 Å². The molecule has 0 N–H and O–H groups in total. The summed E-state index contributed by atoms with van der Waals surface area (Å²) in [5.41, 5.74) is 0. The summed E-state index contributed by atoms with van der Waals surface area (Å²) in [6.45, 7) is 9.87. The predicted octanol–water partition coefficient (Wildman–Crippen LogP) is 1.17. The summed E-state index contributed by atoms with van der Waals surface area (Å²) in [4.78, 5) is 5.31. The van der Waals surface area contributed by atoms with Gasteiger partial charge in [-0.25, -0.2) is 0 Å². The van der Waals surface area contributed by atoms with Gasteiger partial charge in [-0.3, -0.25) is 9.80 Å². The van der Waals surface area contributed by atoms with Crippen molar-refractivity contribution in [2.24, 2.45) is 0 Å². The van der Waals surface area contributed by atoms with Crippen molar-refractivity contribution in [2.45, 2.75) is 38.8 Å². The molecular weight excluding hydrogens is 148 g/mol. The van der Waals surface area contributed by atoms with Gasteiger partial charge < -0.3 is 0 Å². The maximum atomic E-state index is 2.66. The van der Waals surface area contributed by atoms with Crippen molar-refractivity contribution < 1.29 is 0 Å². The van der Waals surface area contributed by atoms with Gasteiger partial charge in [0.1, 0.15) is 0 Å². The first-order valence-electron chi connectivity index (χ1n) is 5.29. The summed E-state index contributed by atoms with van der Waals surface area (Å²) in [7, 11) is 0. The summed E-state index contributed by atoms with van der Waals surface area (Å²) >= 11 is 0. The van der Waals surface area contributed by atoms with Crippen LogP contribution in [0.5, 0.6) is 0 Å². The molecule has 12 heavy (non-hydrogen) atoms. The molecular formula is C10H20N2. The van der Waals surface area contributed by atoms with Gasteiger partial charge in [0.2, 0.25) is 0 Å². The summed E-state index contributed by atoms with van der Waals surface area (Å²) in [6, 6.07) is 1.69. The third-order valence-corrected chi connectivity index (χ3v) is 3.54. The average molecular weight is 168 g/mol. The predicted molar refractivity (Wildman–Crippen MR) is 51.3 cm³/mol. The Morgan fingerprint density at radius 3 is 2.50 bits per heavy atom. The molecule has 3 heterocycles. The van der Waals surface area contributed by atoms with Crippen LogP contribution >= 0.6 is 0 Å². The van der Waals surface area contributed by atoms with Crippen LogP contribution in [0, 0.1) is 0 Å². The third-order valence-electron chi connectivity index (χ3n) is 3.54. The van der Waals surface area contributed by atoms with Crippen molar-refractivity contribution in [3.8, 4) is 0 Å². The van der Waals surface area contributed by atoms with Crippen LogP contribution in [0.2, 0.25) is 0 Å². The van der Waals surface area contributed by atoms with E-state index in [0.29, 0.717) is 0 Å². The minimum Gasteiger partial charge on any atom is -0.299 e. The lowest BCUT2D eigenvalue weighted by molar-refractivity contribution is 0.184. The van der Waals surface area contributed by atoms with Crippen LogP contribution in [0.4, 0.5) is 0 Å². The third kappa shape index (κ3) is 1.38. The van der Waals surface area contributed by atoms with Crippen LogP contribution in [-0.2, 0) is 0 Å². The topological polar surface area (TPSA) is 6.48 Å². The van der Waals surface area contributed by atoms with Crippen LogP contribution in [0.1, 0.15) is 26.7 Å². The van der Waals surface area contributed by atoms with Crippen molar-refractivity contribution in [1.82, 2.24) is 9.80 Å².